The van der Waals surface area contributed by atoms with Crippen molar-refractivity contribution in [2.45, 2.75) is 30.6 Å². The van der Waals surface area contributed by atoms with Crippen LogP contribution in [-0.2, 0) is 9.84 Å². The van der Waals surface area contributed by atoms with Gasteiger partial charge in [-0.25, -0.2) is 8.42 Å². The zero-order chi connectivity index (χ0) is 12.3. The van der Waals surface area contributed by atoms with Gasteiger partial charge < -0.3 is 8.93 Å². The zero-order valence-electron chi connectivity index (χ0n) is 8.97. The molecule has 0 spiro atoms. The molecule has 0 saturated heterocycles. The smallest absolute Gasteiger partial charge is 0.208 e. The third kappa shape index (κ3) is 2.56. The van der Waals surface area contributed by atoms with Gasteiger partial charge in [-0.05, 0) is 31.0 Å². The van der Waals surface area contributed by atoms with Gasteiger partial charge in [0, 0.05) is 0 Å². The van der Waals surface area contributed by atoms with Gasteiger partial charge in [0.15, 0.2) is 27.4 Å². The van der Waals surface area contributed by atoms with Gasteiger partial charge in [0.1, 0.15) is 4.90 Å². The van der Waals surface area contributed by atoms with Crippen LogP contribution in [0, 0.1) is 6.92 Å². The first-order valence-corrected chi connectivity index (χ1v) is 6.94. The maximum absolute atomic E-state index is 11.9. The SMILES string of the molecule is CCC(O)S(=O)(=O)c1ccc(C)cc1OBr. The number of aliphatic hydroxyl groups excluding tert-OH is 1. The lowest BCUT2D eigenvalue weighted by Crippen LogP contribution is -2.20. The highest BCUT2D eigenvalue weighted by Crippen LogP contribution is 2.29. The standard InChI is InChI=1S/C10H13BrO4S/c1-3-10(12)16(13,14)9-5-4-7(2)6-8(9)15-11/h4-6,10,12H,3H2,1-2H3. The summed E-state index contributed by atoms with van der Waals surface area (Å²) in [6.45, 7) is 3.42. The second-order valence-electron chi connectivity index (χ2n) is 3.44. The van der Waals surface area contributed by atoms with E-state index in [1.54, 1.807) is 19.1 Å². The number of benzene rings is 1. The molecule has 0 saturated carbocycles. The molecule has 1 aromatic rings. The van der Waals surface area contributed by atoms with Crippen LogP contribution in [0.3, 0.4) is 0 Å². The van der Waals surface area contributed by atoms with Crippen LogP contribution in [0.4, 0.5) is 0 Å². The Labute approximate surface area is 104 Å². The normalized spacial score (nSPS) is 13.5. The van der Waals surface area contributed by atoms with Crippen molar-refractivity contribution in [2.75, 3.05) is 0 Å². The molecule has 1 aromatic carbocycles. The minimum absolute atomic E-state index is 0.00988. The number of hydrogen-bond acceptors (Lipinski definition) is 4. The van der Waals surface area contributed by atoms with Crippen LogP contribution in [0.15, 0.2) is 23.1 Å². The van der Waals surface area contributed by atoms with Crippen molar-refractivity contribution in [1.82, 2.24) is 0 Å². The van der Waals surface area contributed by atoms with Gasteiger partial charge >= 0.3 is 0 Å². The fraction of sp³-hybridized carbons (Fsp3) is 0.400. The van der Waals surface area contributed by atoms with Crippen LogP contribution in [0.2, 0.25) is 0 Å². The highest BCUT2D eigenvalue weighted by molar-refractivity contribution is 9.06. The van der Waals surface area contributed by atoms with Crippen LogP contribution in [0.1, 0.15) is 18.9 Å². The average Bonchev–Trinajstić information content (AvgIpc) is 2.27. The van der Waals surface area contributed by atoms with Crippen LogP contribution in [0.25, 0.3) is 0 Å². The maximum atomic E-state index is 11.9. The van der Waals surface area contributed by atoms with E-state index in [0.29, 0.717) is 0 Å². The summed E-state index contributed by atoms with van der Waals surface area (Å²) >= 11 is 2.76. The van der Waals surface area contributed by atoms with Crippen molar-refractivity contribution in [3.63, 3.8) is 0 Å². The van der Waals surface area contributed by atoms with E-state index in [1.165, 1.54) is 6.07 Å². The summed E-state index contributed by atoms with van der Waals surface area (Å²) in [7, 11) is -3.75. The average molecular weight is 309 g/mol. The highest BCUT2D eigenvalue weighted by atomic mass is 79.9. The Morgan fingerprint density at radius 2 is 2.12 bits per heavy atom. The number of hydrogen-bond donors (Lipinski definition) is 1. The Balaban J connectivity index is 3.33. The summed E-state index contributed by atoms with van der Waals surface area (Å²) in [5.41, 5.74) is -0.531. The zero-order valence-corrected chi connectivity index (χ0v) is 11.4. The predicted molar refractivity (Wildman–Crippen MR) is 64.2 cm³/mol. The molecule has 90 valence electrons. The second-order valence-corrected chi connectivity index (χ2v) is 5.83. The second kappa shape index (κ2) is 5.16. The number of halogens is 1. The van der Waals surface area contributed by atoms with Gasteiger partial charge in [-0.3, -0.25) is 0 Å². The van der Waals surface area contributed by atoms with E-state index in [-0.39, 0.29) is 17.1 Å². The van der Waals surface area contributed by atoms with E-state index < -0.39 is 15.3 Å². The molecule has 0 fully saturated rings. The van der Waals surface area contributed by atoms with Crippen molar-refractivity contribution in [2.24, 2.45) is 0 Å². The van der Waals surface area contributed by atoms with Gasteiger partial charge in [0.2, 0.25) is 9.84 Å². The van der Waals surface area contributed by atoms with E-state index in [1.807, 2.05) is 6.92 Å². The quantitative estimate of drug-likeness (QED) is 0.926. The third-order valence-corrected chi connectivity index (χ3v) is 4.55. The molecule has 0 heterocycles. The first-order chi connectivity index (χ1) is 7.43. The van der Waals surface area contributed by atoms with Crippen LogP contribution in [0.5, 0.6) is 5.75 Å². The first-order valence-electron chi connectivity index (χ1n) is 4.74. The summed E-state index contributed by atoms with van der Waals surface area (Å²) in [5.74, 6) is 0.188. The van der Waals surface area contributed by atoms with E-state index >= 15 is 0 Å². The lowest BCUT2D eigenvalue weighted by atomic mass is 10.2. The van der Waals surface area contributed by atoms with E-state index in [9.17, 15) is 13.5 Å². The molecular formula is C10H13BrO4S. The molecule has 0 radical (unpaired) electrons. The minimum atomic E-state index is -3.75. The van der Waals surface area contributed by atoms with Gasteiger partial charge in [0.25, 0.3) is 0 Å². The number of aryl methyl sites for hydroxylation is 1. The fourth-order valence-electron chi connectivity index (χ4n) is 1.28. The van der Waals surface area contributed by atoms with Gasteiger partial charge in [-0.1, -0.05) is 13.0 Å². The number of sulfone groups is 1. The van der Waals surface area contributed by atoms with Crippen LogP contribution >= 0.6 is 16.3 Å². The Morgan fingerprint density at radius 3 is 2.62 bits per heavy atom. The Kier molecular flexibility index (Phi) is 4.35. The van der Waals surface area contributed by atoms with Crippen LogP contribution < -0.4 is 3.83 Å². The summed E-state index contributed by atoms with van der Waals surface area (Å²) in [5, 5.41) is 9.47. The molecule has 1 atom stereocenters. The molecule has 0 aromatic heterocycles. The fourth-order valence-corrected chi connectivity index (χ4v) is 3.02. The number of aliphatic hydroxyl groups is 1. The number of rotatable bonds is 4. The van der Waals surface area contributed by atoms with E-state index in [0.717, 1.165) is 5.56 Å². The van der Waals surface area contributed by atoms with Crippen molar-refractivity contribution in [1.29, 1.82) is 0 Å². The lowest BCUT2D eigenvalue weighted by molar-refractivity contribution is 0.244. The van der Waals surface area contributed by atoms with E-state index in [4.69, 9.17) is 3.83 Å². The largest absolute Gasteiger partial charge is 0.417 e. The maximum Gasteiger partial charge on any atom is 0.208 e. The van der Waals surface area contributed by atoms with Crippen LogP contribution in [-0.4, -0.2) is 19.0 Å². The monoisotopic (exact) mass is 308 g/mol. The summed E-state index contributed by atoms with van der Waals surface area (Å²) in [6, 6.07) is 4.68. The molecule has 0 aliphatic carbocycles. The minimum Gasteiger partial charge on any atom is -0.417 e. The third-order valence-electron chi connectivity index (χ3n) is 2.20. The van der Waals surface area contributed by atoms with Gasteiger partial charge in [-0.15, -0.1) is 0 Å². The summed E-state index contributed by atoms with van der Waals surface area (Å²) in [6.07, 6.45) is 0.137. The molecule has 0 amide bonds. The molecular weight excluding hydrogens is 296 g/mol. The van der Waals surface area contributed by atoms with Gasteiger partial charge in [-0.2, -0.15) is 0 Å². The van der Waals surface area contributed by atoms with Crippen molar-refractivity contribution in [3.05, 3.63) is 23.8 Å². The summed E-state index contributed by atoms with van der Waals surface area (Å²) < 4.78 is 28.6. The molecule has 0 bridgehead atoms. The predicted octanol–water partition coefficient (Wildman–Crippen LogP) is 2.19. The molecule has 4 nitrogen and oxygen atoms in total. The molecule has 6 heteroatoms. The topological polar surface area (TPSA) is 63.6 Å². The Hall–Kier alpha value is -0.590. The van der Waals surface area contributed by atoms with Crippen molar-refractivity contribution >= 4 is 26.1 Å². The van der Waals surface area contributed by atoms with Crippen molar-refractivity contribution < 1.29 is 17.4 Å². The van der Waals surface area contributed by atoms with Crippen molar-refractivity contribution in [3.8, 4) is 5.75 Å². The van der Waals surface area contributed by atoms with Gasteiger partial charge in [0.05, 0.1) is 0 Å². The molecule has 16 heavy (non-hydrogen) atoms. The Morgan fingerprint density at radius 1 is 1.50 bits per heavy atom. The summed E-state index contributed by atoms with van der Waals surface area (Å²) in [4.78, 5) is -0.00988. The molecule has 1 unspecified atom stereocenters. The molecule has 1 N–H and O–H groups in total. The lowest BCUT2D eigenvalue weighted by Gasteiger charge is -2.12. The first kappa shape index (κ1) is 13.5. The molecule has 0 aliphatic rings. The Bertz CT molecular complexity index is 470. The highest BCUT2D eigenvalue weighted by Gasteiger charge is 2.27. The van der Waals surface area contributed by atoms with E-state index in [2.05, 4.69) is 16.3 Å². The molecule has 0 aliphatic heterocycles. The molecule has 1 rings (SSSR count).